The molecule has 0 aromatic rings. The molecule has 1 aliphatic carbocycles. The smallest absolute Gasteiger partial charge is 0.316 e. The van der Waals surface area contributed by atoms with E-state index in [1.807, 2.05) is 12.2 Å². The third-order valence-electron chi connectivity index (χ3n) is 4.24. The Morgan fingerprint density at radius 3 is 2.14 bits per heavy atom. The van der Waals surface area contributed by atoms with Crippen LogP contribution in [-0.4, -0.2) is 18.5 Å². The van der Waals surface area contributed by atoms with Crippen molar-refractivity contribution in [1.29, 1.82) is 0 Å². The molecule has 0 aromatic heterocycles. The van der Waals surface area contributed by atoms with Crippen molar-refractivity contribution in [2.75, 3.05) is 6.54 Å². The summed E-state index contributed by atoms with van der Waals surface area (Å²) in [4.78, 5) is 22.2. The van der Waals surface area contributed by atoms with Crippen molar-refractivity contribution in [3.05, 3.63) is 23.8 Å². The van der Waals surface area contributed by atoms with Gasteiger partial charge in [0.1, 0.15) is 0 Å². The predicted molar refractivity (Wildman–Crippen MR) is 88.0 cm³/mol. The number of carbonyl (C=O) groups is 2. The molecule has 0 amide bonds. The molecule has 4 heteroatoms. The summed E-state index contributed by atoms with van der Waals surface area (Å²) in [5.74, 6) is -0.844. The van der Waals surface area contributed by atoms with Gasteiger partial charge in [-0.15, -0.1) is 0 Å². The molecule has 1 aliphatic heterocycles. The highest BCUT2D eigenvalue weighted by atomic mass is 16.6. The summed E-state index contributed by atoms with van der Waals surface area (Å²) in [5.41, 5.74) is 7.12. The van der Waals surface area contributed by atoms with E-state index in [4.69, 9.17) is 5.73 Å². The second-order valence-electron chi connectivity index (χ2n) is 7.03. The Kier molecular flexibility index (Phi) is 7.01. The quantitative estimate of drug-likeness (QED) is 0.482. The van der Waals surface area contributed by atoms with Crippen molar-refractivity contribution in [2.45, 2.75) is 53.4 Å². The van der Waals surface area contributed by atoms with Crippen LogP contribution in [0.1, 0.15) is 53.4 Å². The Morgan fingerprint density at radius 2 is 1.73 bits per heavy atom. The van der Waals surface area contributed by atoms with Crippen molar-refractivity contribution in [2.24, 2.45) is 23.0 Å². The van der Waals surface area contributed by atoms with Gasteiger partial charge in [0.05, 0.1) is 11.8 Å². The fourth-order valence-electron chi connectivity index (χ4n) is 2.31. The molecular weight excluding hydrogens is 278 g/mol. The van der Waals surface area contributed by atoms with Crippen LogP contribution >= 0.6 is 0 Å². The number of rotatable bonds is 2. The second-order valence-corrected chi connectivity index (χ2v) is 7.03. The number of hydrogen-bond donors (Lipinski definition) is 1. The first-order valence-corrected chi connectivity index (χ1v) is 8.03. The summed E-state index contributed by atoms with van der Waals surface area (Å²) >= 11 is 0. The highest BCUT2D eigenvalue weighted by molar-refractivity contribution is 5.91. The topological polar surface area (TPSA) is 69.4 Å². The highest BCUT2D eigenvalue weighted by Crippen LogP contribution is 2.30. The maximum atomic E-state index is 11.1. The van der Waals surface area contributed by atoms with Gasteiger partial charge in [-0.2, -0.15) is 0 Å². The SMILES string of the molecule is C/C(=C\CCN)C(C)(C)C.O=C1OC(=O)C2CC=CCC1C2. The van der Waals surface area contributed by atoms with Gasteiger partial charge in [0.15, 0.2) is 0 Å². The summed E-state index contributed by atoms with van der Waals surface area (Å²) in [7, 11) is 0. The molecule has 0 saturated carbocycles. The van der Waals surface area contributed by atoms with Gasteiger partial charge in [-0.05, 0) is 44.6 Å². The molecular formula is C18H29NO3. The van der Waals surface area contributed by atoms with E-state index in [-0.39, 0.29) is 23.8 Å². The van der Waals surface area contributed by atoms with Crippen LogP contribution < -0.4 is 5.73 Å². The molecule has 4 nitrogen and oxygen atoms in total. The summed E-state index contributed by atoms with van der Waals surface area (Å²) in [5, 5.41) is 0. The minimum Gasteiger partial charge on any atom is -0.393 e. The van der Waals surface area contributed by atoms with Gasteiger partial charge in [0, 0.05) is 0 Å². The lowest BCUT2D eigenvalue weighted by Gasteiger charge is -2.22. The number of fused-ring (bicyclic) bond motifs is 2. The maximum Gasteiger partial charge on any atom is 0.316 e. The molecule has 124 valence electrons. The fourth-order valence-corrected chi connectivity index (χ4v) is 2.31. The first-order chi connectivity index (χ1) is 10.3. The molecule has 1 saturated heterocycles. The molecule has 2 rings (SSSR count). The largest absolute Gasteiger partial charge is 0.393 e. The average molecular weight is 307 g/mol. The fraction of sp³-hybridized carbons (Fsp3) is 0.667. The first kappa shape index (κ1) is 18.6. The lowest BCUT2D eigenvalue weighted by atomic mass is 9.87. The van der Waals surface area contributed by atoms with Gasteiger partial charge < -0.3 is 10.5 Å². The van der Waals surface area contributed by atoms with E-state index in [0.717, 1.165) is 25.8 Å². The molecule has 0 radical (unpaired) electrons. The molecule has 1 fully saturated rings. The van der Waals surface area contributed by atoms with Crippen LogP contribution in [0.5, 0.6) is 0 Å². The van der Waals surface area contributed by atoms with Crippen molar-refractivity contribution >= 4 is 11.9 Å². The number of esters is 2. The second kappa shape index (κ2) is 8.28. The Bertz CT molecular complexity index is 433. The van der Waals surface area contributed by atoms with Crippen LogP contribution in [-0.2, 0) is 14.3 Å². The summed E-state index contributed by atoms with van der Waals surface area (Å²) in [6.07, 6.45) is 9.27. The maximum absolute atomic E-state index is 11.1. The molecule has 2 aliphatic rings. The summed E-state index contributed by atoms with van der Waals surface area (Å²) < 4.78 is 4.62. The van der Waals surface area contributed by atoms with Crippen LogP contribution in [0.3, 0.4) is 0 Å². The van der Waals surface area contributed by atoms with Crippen LogP contribution in [0, 0.1) is 17.3 Å². The third kappa shape index (κ3) is 5.76. The van der Waals surface area contributed by atoms with E-state index in [1.165, 1.54) is 5.57 Å². The summed E-state index contributed by atoms with van der Waals surface area (Å²) in [6, 6.07) is 0. The average Bonchev–Trinajstić information content (AvgIpc) is 2.66. The number of ether oxygens (including phenoxy) is 1. The van der Waals surface area contributed by atoms with E-state index < -0.39 is 0 Å². The lowest BCUT2D eigenvalue weighted by Crippen LogP contribution is -2.33. The number of carbonyl (C=O) groups excluding carboxylic acids is 2. The van der Waals surface area contributed by atoms with Crippen LogP contribution in [0.25, 0.3) is 0 Å². The van der Waals surface area contributed by atoms with Gasteiger partial charge in [-0.1, -0.05) is 44.6 Å². The Hall–Kier alpha value is -1.42. The van der Waals surface area contributed by atoms with Gasteiger partial charge in [0.25, 0.3) is 0 Å². The molecule has 22 heavy (non-hydrogen) atoms. The van der Waals surface area contributed by atoms with Gasteiger partial charge in [-0.25, -0.2) is 0 Å². The van der Waals surface area contributed by atoms with E-state index in [2.05, 4.69) is 38.5 Å². The van der Waals surface area contributed by atoms with Crippen LogP contribution in [0.4, 0.5) is 0 Å². The minimum absolute atomic E-state index is 0.0774. The van der Waals surface area contributed by atoms with Crippen molar-refractivity contribution < 1.29 is 14.3 Å². The Labute approximate surface area is 133 Å². The normalized spacial score (nSPS) is 25.0. The van der Waals surface area contributed by atoms with Crippen LogP contribution in [0.15, 0.2) is 23.8 Å². The molecule has 0 spiro atoms. The highest BCUT2D eigenvalue weighted by Gasteiger charge is 2.36. The van der Waals surface area contributed by atoms with E-state index >= 15 is 0 Å². The van der Waals surface area contributed by atoms with Gasteiger partial charge >= 0.3 is 11.9 Å². The number of nitrogens with two attached hydrogens (primary N) is 1. The Morgan fingerprint density at radius 1 is 1.23 bits per heavy atom. The van der Waals surface area contributed by atoms with Crippen LogP contribution in [0.2, 0.25) is 0 Å². The molecule has 1 heterocycles. The molecule has 2 N–H and O–H groups in total. The standard InChI is InChI=1S/C9H19N.C9H10O3/c1-8(6-5-7-10)9(2,3)4;10-8-6-3-1-2-4-7(5-6)9(11)12-8/h6H,5,7,10H2,1-4H3;1-2,6-7H,3-5H2/b8-6+;. The zero-order valence-electron chi connectivity index (χ0n) is 14.2. The van der Waals surface area contributed by atoms with Gasteiger partial charge in [-0.3, -0.25) is 9.59 Å². The van der Waals surface area contributed by atoms with E-state index in [9.17, 15) is 9.59 Å². The molecule has 2 bridgehead atoms. The van der Waals surface area contributed by atoms with E-state index in [0.29, 0.717) is 11.8 Å². The predicted octanol–water partition coefficient (Wildman–Crippen LogP) is 3.37. The zero-order valence-corrected chi connectivity index (χ0v) is 14.2. The molecule has 2 unspecified atom stereocenters. The number of cyclic esters (lactones) is 2. The number of allylic oxidation sites excluding steroid dienone is 3. The van der Waals surface area contributed by atoms with Crippen molar-refractivity contribution in [1.82, 2.24) is 0 Å². The van der Waals surface area contributed by atoms with Gasteiger partial charge in [0.2, 0.25) is 0 Å². The number of hydrogen-bond acceptors (Lipinski definition) is 4. The zero-order chi connectivity index (χ0) is 16.8. The van der Waals surface area contributed by atoms with E-state index in [1.54, 1.807) is 0 Å². The van der Waals surface area contributed by atoms with Crippen molar-refractivity contribution in [3.63, 3.8) is 0 Å². The minimum atomic E-state index is -0.345. The molecule has 2 atom stereocenters. The lowest BCUT2D eigenvalue weighted by molar-refractivity contribution is -0.171. The third-order valence-corrected chi connectivity index (χ3v) is 4.24. The summed E-state index contributed by atoms with van der Waals surface area (Å²) in [6.45, 7) is 9.57. The van der Waals surface area contributed by atoms with Crippen molar-refractivity contribution in [3.8, 4) is 0 Å². The Balaban J connectivity index is 0.000000225. The monoisotopic (exact) mass is 307 g/mol. The first-order valence-electron chi connectivity index (χ1n) is 8.03. The molecule has 0 aromatic carbocycles.